The molecule has 0 radical (unpaired) electrons. The lowest BCUT2D eigenvalue weighted by Gasteiger charge is -2.03. The third-order valence-corrected chi connectivity index (χ3v) is 2.56. The van der Waals surface area contributed by atoms with Gasteiger partial charge in [-0.2, -0.15) is 4.39 Å². The Bertz CT molecular complexity index is 427. The van der Waals surface area contributed by atoms with Crippen LogP contribution in [0.3, 0.4) is 0 Å². The molecule has 0 atom stereocenters. The number of aromatic amines is 1. The van der Waals surface area contributed by atoms with E-state index in [1.165, 1.54) is 4.57 Å². The molecule has 6 heteroatoms. The van der Waals surface area contributed by atoms with E-state index in [-0.39, 0.29) is 0 Å². The summed E-state index contributed by atoms with van der Waals surface area (Å²) in [5, 5.41) is 0.919. The molecule has 0 aliphatic carbocycles. The van der Waals surface area contributed by atoms with Gasteiger partial charge in [-0.25, -0.2) is 4.79 Å². The van der Waals surface area contributed by atoms with Gasteiger partial charge in [0.05, 0.1) is 6.20 Å². The number of hydrogen-bond acceptors (Lipinski definition) is 2. The zero-order valence-electron chi connectivity index (χ0n) is 8.13. The summed E-state index contributed by atoms with van der Waals surface area (Å²) in [7, 11) is 0. The molecule has 1 rings (SSSR count). The second-order valence-corrected chi connectivity index (χ2v) is 3.97. The Hall–Kier alpha value is -0.910. The Morgan fingerprint density at radius 2 is 2.07 bits per heavy atom. The van der Waals surface area contributed by atoms with Gasteiger partial charge < -0.3 is 0 Å². The van der Waals surface area contributed by atoms with Gasteiger partial charge in [-0.3, -0.25) is 14.3 Å². The first-order valence-electron chi connectivity index (χ1n) is 4.70. The maximum Gasteiger partial charge on any atom is 0.328 e. The SMILES string of the molecule is O=c1[nH]c(=O)n(CCCCCBr)cc1F. The van der Waals surface area contributed by atoms with Crippen LogP contribution < -0.4 is 11.2 Å². The highest BCUT2D eigenvalue weighted by Gasteiger charge is 2.02. The first-order chi connectivity index (χ1) is 7.15. The van der Waals surface area contributed by atoms with Crippen LogP contribution in [-0.4, -0.2) is 14.9 Å². The van der Waals surface area contributed by atoms with Crippen molar-refractivity contribution < 1.29 is 4.39 Å². The third kappa shape index (κ3) is 3.62. The largest absolute Gasteiger partial charge is 0.328 e. The van der Waals surface area contributed by atoms with Gasteiger partial charge in [-0.1, -0.05) is 22.4 Å². The van der Waals surface area contributed by atoms with Crippen LogP contribution in [-0.2, 0) is 6.54 Å². The molecular formula is C9H12BrFN2O2. The Morgan fingerprint density at radius 3 is 2.73 bits per heavy atom. The molecule has 0 aromatic carbocycles. The molecule has 1 aromatic rings. The van der Waals surface area contributed by atoms with E-state index in [9.17, 15) is 14.0 Å². The molecular weight excluding hydrogens is 267 g/mol. The van der Waals surface area contributed by atoms with Gasteiger partial charge in [-0.05, 0) is 12.8 Å². The van der Waals surface area contributed by atoms with Crippen molar-refractivity contribution in [2.75, 3.05) is 5.33 Å². The minimum absolute atomic E-state index is 0.430. The zero-order chi connectivity index (χ0) is 11.3. The highest BCUT2D eigenvalue weighted by Crippen LogP contribution is 1.99. The summed E-state index contributed by atoms with van der Waals surface area (Å²) < 4.78 is 14.0. The summed E-state index contributed by atoms with van der Waals surface area (Å²) in [6.45, 7) is 0.430. The van der Waals surface area contributed by atoms with Gasteiger partial charge in [0.2, 0.25) is 5.82 Å². The number of rotatable bonds is 5. The number of nitrogens with zero attached hydrogens (tertiary/aromatic N) is 1. The van der Waals surface area contributed by atoms with Gasteiger partial charge in [0, 0.05) is 11.9 Å². The van der Waals surface area contributed by atoms with Gasteiger partial charge in [0.25, 0.3) is 5.56 Å². The predicted molar refractivity (Wildman–Crippen MR) is 58.9 cm³/mol. The van der Waals surface area contributed by atoms with E-state index in [1.54, 1.807) is 0 Å². The van der Waals surface area contributed by atoms with Crippen molar-refractivity contribution in [2.45, 2.75) is 25.8 Å². The second kappa shape index (κ2) is 5.85. The lowest BCUT2D eigenvalue weighted by atomic mass is 10.2. The Kier molecular flexibility index (Phi) is 4.74. The molecule has 15 heavy (non-hydrogen) atoms. The molecule has 0 bridgehead atoms. The maximum atomic E-state index is 12.8. The average Bonchev–Trinajstić information content (AvgIpc) is 2.20. The van der Waals surface area contributed by atoms with Crippen LogP contribution in [0.1, 0.15) is 19.3 Å². The minimum Gasteiger partial charge on any atom is -0.298 e. The summed E-state index contributed by atoms with van der Waals surface area (Å²) in [5.74, 6) is -0.921. The highest BCUT2D eigenvalue weighted by atomic mass is 79.9. The average molecular weight is 279 g/mol. The van der Waals surface area contributed by atoms with E-state index in [4.69, 9.17) is 0 Å². The number of H-pyrrole nitrogens is 1. The van der Waals surface area contributed by atoms with Crippen LogP contribution in [0.2, 0.25) is 0 Å². The topological polar surface area (TPSA) is 54.9 Å². The summed E-state index contributed by atoms with van der Waals surface area (Å²) in [6, 6.07) is 0. The number of halogens is 2. The number of hydrogen-bond donors (Lipinski definition) is 1. The fraction of sp³-hybridized carbons (Fsp3) is 0.556. The number of alkyl halides is 1. The fourth-order valence-electron chi connectivity index (χ4n) is 1.20. The Balaban J connectivity index is 2.66. The predicted octanol–water partition coefficient (Wildman–Crippen LogP) is 1.24. The molecule has 1 N–H and O–H groups in total. The molecule has 1 heterocycles. The quantitative estimate of drug-likeness (QED) is 0.651. The summed E-state index contributed by atoms with van der Waals surface area (Å²) in [6.07, 6.45) is 3.71. The fourth-order valence-corrected chi connectivity index (χ4v) is 1.60. The van der Waals surface area contributed by atoms with Crippen LogP contribution in [0.4, 0.5) is 4.39 Å². The van der Waals surface area contributed by atoms with Crippen molar-refractivity contribution in [3.63, 3.8) is 0 Å². The van der Waals surface area contributed by atoms with E-state index >= 15 is 0 Å². The standard InChI is InChI=1S/C9H12BrFN2O2/c10-4-2-1-3-5-13-6-7(11)8(14)12-9(13)15/h6H,1-5H2,(H,12,14,15). The van der Waals surface area contributed by atoms with Gasteiger partial charge in [0.15, 0.2) is 0 Å². The van der Waals surface area contributed by atoms with Crippen LogP contribution >= 0.6 is 15.9 Å². The van der Waals surface area contributed by atoms with Crippen LogP contribution in [0, 0.1) is 5.82 Å². The van der Waals surface area contributed by atoms with Crippen molar-refractivity contribution in [1.29, 1.82) is 0 Å². The first-order valence-corrected chi connectivity index (χ1v) is 5.82. The van der Waals surface area contributed by atoms with Gasteiger partial charge in [-0.15, -0.1) is 0 Å². The molecule has 0 saturated heterocycles. The number of aromatic nitrogens is 2. The number of unbranched alkanes of at least 4 members (excludes halogenated alkanes) is 2. The maximum absolute atomic E-state index is 12.8. The number of aryl methyl sites for hydroxylation is 1. The smallest absolute Gasteiger partial charge is 0.298 e. The van der Waals surface area contributed by atoms with Crippen LogP contribution in [0.5, 0.6) is 0 Å². The van der Waals surface area contributed by atoms with Gasteiger partial charge in [0.1, 0.15) is 0 Å². The van der Waals surface area contributed by atoms with E-state index in [0.29, 0.717) is 6.54 Å². The van der Waals surface area contributed by atoms with Crippen LogP contribution in [0.25, 0.3) is 0 Å². The molecule has 0 aliphatic heterocycles. The Morgan fingerprint density at radius 1 is 1.33 bits per heavy atom. The molecule has 1 aromatic heterocycles. The highest BCUT2D eigenvalue weighted by molar-refractivity contribution is 9.09. The lowest BCUT2D eigenvalue weighted by Crippen LogP contribution is -2.31. The molecule has 0 amide bonds. The van der Waals surface area contributed by atoms with Crippen molar-refractivity contribution in [1.82, 2.24) is 9.55 Å². The van der Waals surface area contributed by atoms with Crippen molar-refractivity contribution in [2.24, 2.45) is 0 Å². The van der Waals surface area contributed by atoms with E-state index < -0.39 is 17.1 Å². The second-order valence-electron chi connectivity index (χ2n) is 3.18. The lowest BCUT2D eigenvalue weighted by molar-refractivity contribution is 0.528. The van der Waals surface area contributed by atoms with Crippen LogP contribution in [0.15, 0.2) is 15.8 Å². The summed E-state index contributed by atoms with van der Waals surface area (Å²) in [5.41, 5.74) is -1.52. The molecule has 4 nitrogen and oxygen atoms in total. The molecule has 0 aliphatic rings. The monoisotopic (exact) mass is 278 g/mol. The van der Waals surface area contributed by atoms with Crippen molar-refractivity contribution in [3.8, 4) is 0 Å². The van der Waals surface area contributed by atoms with Crippen molar-refractivity contribution in [3.05, 3.63) is 32.9 Å². The van der Waals surface area contributed by atoms with E-state index in [0.717, 1.165) is 30.8 Å². The molecule has 0 fully saturated rings. The van der Waals surface area contributed by atoms with E-state index in [2.05, 4.69) is 15.9 Å². The third-order valence-electron chi connectivity index (χ3n) is 2.00. The van der Waals surface area contributed by atoms with Crippen molar-refractivity contribution >= 4 is 15.9 Å². The van der Waals surface area contributed by atoms with Gasteiger partial charge >= 0.3 is 5.69 Å². The summed E-state index contributed by atoms with van der Waals surface area (Å²) in [4.78, 5) is 23.8. The molecule has 0 spiro atoms. The number of nitrogens with one attached hydrogen (secondary N) is 1. The Labute approximate surface area is 94.3 Å². The molecule has 0 saturated carbocycles. The summed E-state index contributed by atoms with van der Waals surface area (Å²) >= 11 is 3.30. The first kappa shape index (κ1) is 12.2. The molecule has 0 unspecified atom stereocenters. The minimum atomic E-state index is -0.961. The normalized spacial score (nSPS) is 10.5. The van der Waals surface area contributed by atoms with E-state index in [1.807, 2.05) is 4.98 Å². The zero-order valence-corrected chi connectivity index (χ0v) is 9.72. The molecule has 84 valence electrons.